The fourth-order valence-electron chi connectivity index (χ4n) is 2.84. The van der Waals surface area contributed by atoms with E-state index >= 15 is 0 Å². The Morgan fingerprint density at radius 1 is 1.38 bits per heavy atom. The average Bonchev–Trinajstić information content (AvgIpc) is 2.16. The van der Waals surface area contributed by atoms with Crippen LogP contribution in [-0.2, 0) is 9.59 Å². The molecule has 92 valence electrons. The Balaban J connectivity index is 2.58. The van der Waals surface area contributed by atoms with Crippen LogP contribution < -0.4 is 11.5 Å². The average molecular weight is 226 g/mol. The molecule has 0 aromatic carbocycles. The van der Waals surface area contributed by atoms with Crippen LogP contribution in [0.25, 0.3) is 0 Å². The molecule has 2 unspecified atom stereocenters. The number of carbonyl (C=O) groups excluding carboxylic acids is 2. The van der Waals surface area contributed by atoms with E-state index in [1.165, 1.54) is 6.42 Å². The Bertz CT molecular complexity index is 278. The fourth-order valence-corrected chi connectivity index (χ4v) is 2.84. The summed E-state index contributed by atoms with van der Waals surface area (Å²) in [5, 5.41) is 0. The topological polar surface area (TPSA) is 86.2 Å². The van der Waals surface area contributed by atoms with Gasteiger partial charge in [0.25, 0.3) is 0 Å². The Kier molecular flexibility index (Phi) is 4.33. The molecule has 1 rings (SSSR count). The van der Waals surface area contributed by atoms with Gasteiger partial charge in [-0.2, -0.15) is 0 Å². The molecule has 4 heteroatoms. The molecule has 1 fully saturated rings. The standard InChI is InChI=1S/C12H22N2O2/c1-9-4-2-6-12(8-9,11(14)16)7-3-5-10(13)15/h9H,2-8H2,1H3,(H2,13,15)(H2,14,16). The van der Waals surface area contributed by atoms with E-state index in [-0.39, 0.29) is 17.2 Å². The van der Waals surface area contributed by atoms with Crippen LogP contribution in [0.3, 0.4) is 0 Å². The third-order valence-corrected chi connectivity index (χ3v) is 3.69. The normalized spacial score (nSPS) is 29.9. The lowest BCUT2D eigenvalue weighted by Gasteiger charge is -2.37. The maximum Gasteiger partial charge on any atom is 0.223 e. The van der Waals surface area contributed by atoms with Crippen molar-refractivity contribution in [3.05, 3.63) is 0 Å². The Hall–Kier alpha value is -1.06. The molecule has 2 atom stereocenters. The van der Waals surface area contributed by atoms with Crippen molar-refractivity contribution >= 4 is 11.8 Å². The second-order valence-electron chi connectivity index (χ2n) is 5.17. The number of nitrogens with two attached hydrogens (primary N) is 2. The molecule has 0 aromatic heterocycles. The first-order valence-electron chi connectivity index (χ1n) is 6.04. The van der Waals surface area contributed by atoms with Crippen molar-refractivity contribution in [3.8, 4) is 0 Å². The Morgan fingerprint density at radius 3 is 2.56 bits per heavy atom. The third kappa shape index (κ3) is 3.22. The predicted octanol–water partition coefficient (Wildman–Crippen LogP) is 1.32. The molecule has 4 nitrogen and oxygen atoms in total. The molecule has 0 heterocycles. The van der Waals surface area contributed by atoms with Crippen LogP contribution in [0.2, 0.25) is 0 Å². The lowest BCUT2D eigenvalue weighted by atomic mass is 9.67. The number of amides is 2. The molecule has 0 radical (unpaired) electrons. The van der Waals surface area contributed by atoms with Gasteiger partial charge in [0.1, 0.15) is 0 Å². The number of carbonyl (C=O) groups is 2. The minimum absolute atomic E-state index is 0.205. The first-order valence-corrected chi connectivity index (χ1v) is 6.04. The summed E-state index contributed by atoms with van der Waals surface area (Å²) in [7, 11) is 0. The Labute approximate surface area is 96.8 Å². The molecule has 1 aliphatic carbocycles. The van der Waals surface area contributed by atoms with Crippen LogP contribution in [-0.4, -0.2) is 11.8 Å². The second kappa shape index (κ2) is 5.32. The van der Waals surface area contributed by atoms with E-state index in [2.05, 4.69) is 6.92 Å². The summed E-state index contributed by atoms with van der Waals surface area (Å²) in [5.41, 5.74) is 10.2. The highest BCUT2D eigenvalue weighted by Crippen LogP contribution is 2.42. The highest BCUT2D eigenvalue weighted by Gasteiger charge is 2.39. The zero-order chi connectivity index (χ0) is 12.2. The first-order chi connectivity index (χ1) is 7.46. The van der Waals surface area contributed by atoms with Crippen LogP contribution >= 0.6 is 0 Å². The highest BCUT2D eigenvalue weighted by molar-refractivity contribution is 5.81. The summed E-state index contributed by atoms with van der Waals surface area (Å²) >= 11 is 0. The van der Waals surface area contributed by atoms with E-state index in [0.717, 1.165) is 19.3 Å². The van der Waals surface area contributed by atoms with Crippen LogP contribution in [0.4, 0.5) is 0 Å². The molecule has 0 spiro atoms. The van der Waals surface area contributed by atoms with Crippen molar-refractivity contribution in [2.75, 3.05) is 0 Å². The molecule has 0 aromatic rings. The van der Waals surface area contributed by atoms with Gasteiger partial charge in [-0.15, -0.1) is 0 Å². The van der Waals surface area contributed by atoms with E-state index in [0.29, 0.717) is 25.2 Å². The molecule has 1 saturated carbocycles. The molecule has 0 aliphatic heterocycles. The number of hydrogen-bond donors (Lipinski definition) is 2. The monoisotopic (exact) mass is 226 g/mol. The van der Waals surface area contributed by atoms with E-state index in [9.17, 15) is 9.59 Å². The summed E-state index contributed by atoms with van der Waals surface area (Å²) in [5.74, 6) is 0.0434. The minimum atomic E-state index is -0.382. The van der Waals surface area contributed by atoms with Crippen LogP contribution in [0.15, 0.2) is 0 Å². The van der Waals surface area contributed by atoms with Crippen LogP contribution in [0.5, 0.6) is 0 Å². The summed E-state index contributed by atoms with van der Waals surface area (Å²) in [6.45, 7) is 2.16. The number of primary amides is 2. The molecule has 0 saturated heterocycles. The number of hydrogen-bond acceptors (Lipinski definition) is 2. The van der Waals surface area contributed by atoms with Gasteiger partial charge >= 0.3 is 0 Å². The van der Waals surface area contributed by atoms with Gasteiger partial charge in [0.05, 0.1) is 0 Å². The summed E-state index contributed by atoms with van der Waals surface area (Å²) in [6.07, 6.45) is 5.68. The summed E-state index contributed by atoms with van der Waals surface area (Å²) in [4.78, 5) is 22.3. The van der Waals surface area contributed by atoms with Gasteiger partial charge in [0.15, 0.2) is 0 Å². The summed E-state index contributed by atoms with van der Waals surface area (Å²) in [6, 6.07) is 0. The Morgan fingerprint density at radius 2 is 2.06 bits per heavy atom. The van der Waals surface area contributed by atoms with Crippen molar-refractivity contribution in [1.29, 1.82) is 0 Å². The molecule has 0 bridgehead atoms. The highest BCUT2D eigenvalue weighted by atomic mass is 16.1. The molecular formula is C12H22N2O2. The molecule has 2 amide bonds. The van der Waals surface area contributed by atoms with Gasteiger partial charge in [0.2, 0.25) is 11.8 Å². The SMILES string of the molecule is CC1CCCC(CCCC(N)=O)(C(N)=O)C1. The van der Waals surface area contributed by atoms with Gasteiger partial charge in [-0.25, -0.2) is 0 Å². The first kappa shape index (κ1) is 13.0. The largest absolute Gasteiger partial charge is 0.370 e. The fraction of sp³-hybridized carbons (Fsp3) is 0.833. The van der Waals surface area contributed by atoms with Crippen molar-refractivity contribution in [3.63, 3.8) is 0 Å². The van der Waals surface area contributed by atoms with Gasteiger partial charge in [0, 0.05) is 11.8 Å². The molecular weight excluding hydrogens is 204 g/mol. The second-order valence-corrected chi connectivity index (χ2v) is 5.17. The van der Waals surface area contributed by atoms with Gasteiger partial charge < -0.3 is 11.5 Å². The lowest BCUT2D eigenvalue weighted by molar-refractivity contribution is -0.131. The quantitative estimate of drug-likeness (QED) is 0.740. The van der Waals surface area contributed by atoms with E-state index in [1.807, 2.05) is 0 Å². The maximum atomic E-state index is 11.6. The van der Waals surface area contributed by atoms with E-state index < -0.39 is 0 Å². The van der Waals surface area contributed by atoms with E-state index in [1.54, 1.807) is 0 Å². The van der Waals surface area contributed by atoms with Crippen molar-refractivity contribution in [2.45, 2.75) is 51.9 Å². The predicted molar refractivity (Wildman–Crippen MR) is 62.3 cm³/mol. The van der Waals surface area contributed by atoms with Crippen LogP contribution in [0.1, 0.15) is 51.9 Å². The maximum absolute atomic E-state index is 11.6. The third-order valence-electron chi connectivity index (χ3n) is 3.69. The van der Waals surface area contributed by atoms with Gasteiger partial charge in [-0.3, -0.25) is 9.59 Å². The van der Waals surface area contributed by atoms with Gasteiger partial charge in [-0.05, 0) is 31.6 Å². The van der Waals surface area contributed by atoms with Crippen molar-refractivity contribution in [2.24, 2.45) is 22.8 Å². The molecule has 1 aliphatic rings. The minimum Gasteiger partial charge on any atom is -0.370 e. The van der Waals surface area contributed by atoms with E-state index in [4.69, 9.17) is 11.5 Å². The van der Waals surface area contributed by atoms with Crippen LogP contribution in [0, 0.1) is 11.3 Å². The molecule has 16 heavy (non-hydrogen) atoms. The van der Waals surface area contributed by atoms with Crippen molar-refractivity contribution in [1.82, 2.24) is 0 Å². The summed E-state index contributed by atoms with van der Waals surface area (Å²) < 4.78 is 0. The van der Waals surface area contributed by atoms with Gasteiger partial charge in [-0.1, -0.05) is 19.8 Å². The molecule has 4 N–H and O–H groups in total. The number of rotatable bonds is 5. The lowest BCUT2D eigenvalue weighted by Crippen LogP contribution is -2.40. The zero-order valence-corrected chi connectivity index (χ0v) is 10.00. The zero-order valence-electron chi connectivity index (χ0n) is 10.00. The smallest absolute Gasteiger partial charge is 0.223 e. The van der Waals surface area contributed by atoms with Crippen molar-refractivity contribution < 1.29 is 9.59 Å².